The molecule has 0 bridgehead atoms. The van der Waals surface area contributed by atoms with E-state index in [1.807, 2.05) is 0 Å². The van der Waals surface area contributed by atoms with Crippen LogP contribution in [0.2, 0.25) is 0 Å². The van der Waals surface area contributed by atoms with E-state index in [4.69, 9.17) is 10.5 Å². The molecule has 0 spiro atoms. The minimum atomic E-state index is -1.11. The number of hydrogen-bond acceptors (Lipinski definition) is 10. The van der Waals surface area contributed by atoms with Crippen LogP contribution >= 0.6 is 11.8 Å². The minimum absolute atomic E-state index is 0.0131. The van der Waals surface area contributed by atoms with Crippen LogP contribution in [0.3, 0.4) is 0 Å². The third kappa shape index (κ3) is 4.90. The highest BCUT2D eigenvalue weighted by Gasteiger charge is 2.45. The van der Waals surface area contributed by atoms with Gasteiger partial charge >= 0.3 is 0 Å². The number of hydrogen-bond donors (Lipinski definition) is 4. The molecule has 1 aromatic carbocycles. The number of ether oxygens (including phenoxy) is 1. The number of anilines is 1. The predicted molar refractivity (Wildman–Crippen MR) is 130 cm³/mol. The van der Waals surface area contributed by atoms with Crippen molar-refractivity contribution in [2.24, 2.45) is 5.73 Å². The van der Waals surface area contributed by atoms with Gasteiger partial charge in [0.2, 0.25) is 0 Å². The molecule has 0 amide bonds. The van der Waals surface area contributed by atoms with E-state index in [1.165, 1.54) is 22.5 Å². The van der Waals surface area contributed by atoms with Crippen LogP contribution < -0.4 is 11.1 Å². The van der Waals surface area contributed by atoms with Gasteiger partial charge in [0.25, 0.3) is 0 Å². The fraction of sp³-hybridized carbons (Fsp3) is 0.565. The summed E-state index contributed by atoms with van der Waals surface area (Å²) in [5.74, 6) is -0.420. The molecule has 0 saturated heterocycles. The summed E-state index contributed by atoms with van der Waals surface area (Å²) in [6.45, 7) is 2.64. The summed E-state index contributed by atoms with van der Waals surface area (Å²) >= 11 is 1.49. The van der Waals surface area contributed by atoms with Gasteiger partial charge in [-0.1, -0.05) is 30.0 Å². The van der Waals surface area contributed by atoms with Gasteiger partial charge in [0, 0.05) is 30.7 Å². The Bertz CT molecular complexity index is 1230. The normalized spacial score (nSPS) is 27.6. The highest BCUT2D eigenvalue weighted by molar-refractivity contribution is 7.99. The summed E-state index contributed by atoms with van der Waals surface area (Å²) in [6.07, 6.45) is -0.790. The van der Waals surface area contributed by atoms with Gasteiger partial charge in [-0.15, -0.1) is 5.10 Å². The molecular weight excluding hydrogens is 492 g/mol. The van der Waals surface area contributed by atoms with Crippen LogP contribution in [0.15, 0.2) is 23.4 Å². The molecule has 10 nitrogen and oxygen atoms in total. The van der Waals surface area contributed by atoms with Crippen molar-refractivity contribution >= 4 is 28.7 Å². The average Bonchev–Trinajstić information content (AvgIpc) is 3.41. The van der Waals surface area contributed by atoms with Gasteiger partial charge in [0.1, 0.15) is 12.2 Å². The molecule has 0 radical (unpaired) electrons. The number of aliphatic hydroxyl groups is 2. The summed E-state index contributed by atoms with van der Waals surface area (Å²) in [5.41, 5.74) is 7.09. The summed E-state index contributed by atoms with van der Waals surface area (Å²) in [6, 6.07) is 3.34. The van der Waals surface area contributed by atoms with Gasteiger partial charge in [-0.3, -0.25) is 0 Å². The Morgan fingerprint density at radius 2 is 2.03 bits per heavy atom. The van der Waals surface area contributed by atoms with E-state index in [2.05, 4.69) is 32.5 Å². The van der Waals surface area contributed by atoms with Crippen molar-refractivity contribution in [2.45, 2.75) is 67.7 Å². The van der Waals surface area contributed by atoms with Crippen LogP contribution in [-0.4, -0.2) is 78.4 Å². The first-order valence-electron chi connectivity index (χ1n) is 12.1. The van der Waals surface area contributed by atoms with Crippen LogP contribution in [0.4, 0.5) is 14.6 Å². The molecular formula is C23H29F2N7O3S. The van der Waals surface area contributed by atoms with E-state index >= 15 is 0 Å². The fourth-order valence-electron chi connectivity index (χ4n) is 4.63. The number of fused-ring (bicyclic) bond motifs is 1. The van der Waals surface area contributed by atoms with E-state index in [0.717, 1.165) is 24.7 Å². The van der Waals surface area contributed by atoms with Gasteiger partial charge in [0.15, 0.2) is 33.8 Å². The zero-order valence-electron chi connectivity index (χ0n) is 19.7. The lowest BCUT2D eigenvalue weighted by Crippen LogP contribution is -2.33. The minimum Gasteiger partial charge on any atom is -0.388 e. The fourth-order valence-corrected chi connectivity index (χ4v) is 5.32. The molecule has 2 aliphatic carbocycles. The van der Waals surface area contributed by atoms with E-state index in [1.54, 1.807) is 6.07 Å². The second-order valence-electron chi connectivity index (χ2n) is 9.16. The lowest BCUT2D eigenvalue weighted by molar-refractivity contribution is -0.0546. The van der Waals surface area contributed by atoms with Crippen molar-refractivity contribution < 1.29 is 23.7 Å². The van der Waals surface area contributed by atoms with Crippen LogP contribution in [0.25, 0.3) is 11.2 Å². The summed E-state index contributed by atoms with van der Waals surface area (Å²) in [5, 5.41) is 33.7. The number of nitrogens with two attached hydrogens (primary N) is 1. The highest BCUT2D eigenvalue weighted by Crippen LogP contribution is 2.44. The van der Waals surface area contributed by atoms with Crippen LogP contribution in [-0.2, 0) is 4.74 Å². The third-order valence-electron chi connectivity index (χ3n) is 6.59. The summed E-state index contributed by atoms with van der Waals surface area (Å²) in [4.78, 5) is 9.30. The largest absolute Gasteiger partial charge is 0.388 e. The maximum absolute atomic E-state index is 13.7. The molecule has 194 valence electrons. The molecule has 3 aromatic rings. The Morgan fingerprint density at radius 1 is 1.19 bits per heavy atom. The van der Waals surface area contributed by atoms with Crippen molar-refractivity contribution in [1.82, 2.24) is 25.0 Å². The molecule has 2 aliphatic rings. The zero-order valence-corrected chi connectivity index (χ0v) is 20.5. The monoisotopic (exact) mass is 521 g/mol. The Morgan fingerprint density at radius 3 is 2.78 bits per heavy atom. The van der Waals surface area contributed by atoms with Crippen LogP contribution in [0.1, 0.15) is 43.7 Å². The quantitative estimate of drug-likeness (QED) is 0.231. The molecule has 0 unspecified atom stereocenters. The molecule has 2 heterocycles. The van der Waals surface area contributed by atoms with E-state index < -0.39 is 36.0 Å². The number of thioether (sulfide) groups is 1. The average molecular weight is 522 g/mol. The molecule has 2 saturated carbocycles. The number of nitrogens with one attached hydrogen (secondary N) is 1. The van der Waals surface area contributed by atoms with Crippen molar-refractivity contribution in [3.05, 3.63) is 35.4 Å². The smallest absolute Gasteiger partial charge is 0.191 e. The number of aromatic nitrogens is 5. The molecule has 0 aliphatic heterocycles. The van der Waals surface area contributed by atoms with E-state index in [9.17, 15) is 19.0 Å². The predicted octanol–water partition coefficient (Wildman–Crippen LogP) is 1.98. The van der Waals surface area contributed by atoms with Crippen molar-refractivity contribution in [3.8, 4) is 0 Å². The summed E-state index contributed by atoms with van der Waals surface area (Å²) in [7, 11) is 0. The first kappa shape index (κ1) is 25.2. The highest BCUT2D eigenvalue weighted by atomic mass is 32.2. The standard InChI is InChI=1S/C23H29F2N7O3S/c1-2-7-36-23-28-21(27-15-9-12(15)11-3-4-13(24)14(25)8-11)18-22(29-23)32(31-30-18)16-10-17(35-6-5-26)20(34)19(16)33/h3-4,8,12,15-17,19-20,33-34H,2,5-7,9-10,26H2,1H3,(H,27,28,29)/t12-,15+,16-,17-,19-,20+/m0/s1. The Hall–Kier alpha value is -2.45. The van der Waals surface area contributed by atoms with Crippen LogP contribution in [0.5, 0.6) is 0 Å². The van der Waals surface area contributed by atoms with Crippen molar-refractivity contribution in [1.29, 1.82) is 0 Å². The molecule has 5 rings (SSSR count). The maximum Gasteiger partial charge on any atom is 0.191 e. The maximum atomic E-state index is 13.7. The number of nitrogens with zero attached hydrogens (tertiary/aromatic N) is 5. The Kier molecular flexibility index (Phi) is 7.35. The first-order valence-corrected chi connectivity index (χ1v) is 13.0. The second-order valence-corrected chi connectivity index (χ2v) is 10.2. The molecule has 13 heteroatoms. The zero-order chi connectivity index (χ0) is 25.4. The van der Waals surface area contributed by atoms with Gasteiger partial charge in [-0.25, -0.2) is 23.4 Å². The second kappa shape index (κ2) is 10.5. The van der Waals surface area contributed by atoms with Crippen LogP contribution in [0, 0.1) is 11.6 Å². The number of benzene rings is 1. The van der Waals surface area contributed by atoms with Crippen molar-refractivity contribution in [3.63, 3.8) is 0 Å². The lowest BCUT2D eigenvalue weighted by Gasteiger charge is -2.17. The lowest BCUT2D eigenvalue weighted by atomic mass is 10.1. The van der Waals surface area contributed by atoms with E-state index in [0.29, 0.717) is 40.7 Å². The molecule has 2 fully saturated rings. The topological polar surface area (TPSA) is 144 Å². The molecule has 6 atom stereocenters. The molecule has 5 N–H and O–H groups in total. The number of aliphatic hydroxyl groups excluding tert-OH is 2. The van der Waals surface area contributed by atoms with Gasteiger partial charge < -0.3 is 26.0 Å². The van der Waals surface area contributed by atoms with Gasteiger partial charge in [-0.05, 0) is 30.5 Å². The van der Waals surface area contributed by atoms with Gasteiger partial charge in [-0.2, -0.15) is 0 Å². The number of halogens is 2. The Balaban J connectivity index is 1.43. The molecule has 2 aromatic heterocycles. The summed E-state index contributed by atoms with van der Waals surface area (Å²) < 4.78 is 34.2. The van der Waals surface area contributed by atoms with Crippen molar-refractivity contribution in [2.75, 3.05) is 24.2 Å². The number of rotatable bonds is 10. The molecule has 36 heavy (non-hydrogen) atoms. The first-order chi connectivity index (χ1) is 17.4. The third-order valence-corrected chi connectivity index (χ3v) is 7.64. The van der Waals surface area contributed by atoms with Gasteiger partial charge in [0.05, 0.1) is 18.8 Å². The Labute approximate surface area is 210 Å². The van der Waals surface area contributed by atoms with E-state index in [-0.39, 0.29) is 18.6 Å². The SMILES string of the molecule is CCCSc1nc(N[C@@H]2C[C@H]2c2ccc(F)c(F)c2)c2nnn([C@H]3C[C@H](OCCN)[C@@H](O)[C@H]3O)c2n1.